The number of hydrogen-bond donors (Lipinski definition) is 0. The van der Waals surface area contributed by atoms with Crippen molar-refractivity contribution in [2.75, 3.05) is 6.61 Å². The van der Waals surface area contributed by atoms with Gasteiger partial charge >= 0.3 is 0 Å². The first kappa shape index (κ1) is 18.4. The van der Waals surface area contributed by atoms with E-state index in [1.54, 1.807) is 12.1 Å². The highest BCUT2D eigenvalue weighted by Gasteiger charge is 2.13. The molecule has 0 spiro atoms. The molecule has 1 rings (SSSR count). The van der Waals surface area contributed by atoms with Gasteiger partial charge in [0.25, 0.3) is 10.1 Å². The average Bonchev–Trinajstić information content (AvgIpc) is 2.37. The minimum absolute atomic E-state index is 0.0382. The van der Waals surface area contributed by atoms with Gasteiger partial charge < -0.3 is 0 Å². The molecule has 0 atom stereocenters. The van der Waals surface area contributed by atoms with Gasteiger partial charge in [-0.05, 0) is 12.0 Å². The van der Waals surface area contributed by atoms with E-state index in [0.29, 0.717) is 6.61 Å². The van der Waals surface area contributed by atoms with Crippen molar-refractivity contribution in [1.82, 2.24) is 0 Å². The van der Waals surface area contributed by atoms with Crippen LogP contribution in [0.3, 0.4) is 0 Å². The number of benzene rings is 1. The zero-order valence-electron chi connectivity index (χ0n) is 13.5. The molecule has 120 valence electrons. The Morgan fingerprint density at radius 1 is 0.952 bits per heavy atom. The standard InChI is InChI=1S/C16H28O3SSi/c1-21(2,3)14-10-5-4-9-13-19-20(17,18)15-16-11-7-6-8-12-16/h6-8,11-12H,4-5,9-10,13-15H2,1-3H3. The van der Waals surface area contributed by atoms with Gasteiger partial charge in [0.2, 0.25) is 0 Å². The Morgan fingerprint density at radius 2 is 1.57 bits per heavy atom. The highest BCUT2D eigenvalue weighted by atomic mass is 32.2. The summed E-state index contributed by atoms with van der Waals surface area (Å²) < 4.78 is 28.7. The van der Waals surface area contributed by atoms with E-state index in [0.717, 1.165) is 18.4 Å². The second-order valence-electron chi connectivity index (χ2n) is 6.73. The fourth-order valence-corrected chi connectivity index (χ4v) is 4.48. The second-order valence-corrected chi connectivity index (χ2v) is 14.0. The number of hydrogen-bond acceptors (Lipinski definition) is 3. The molecule has 0 aliphatic heterocycles. The van der Waals surface area contributed by atoms with Crippen LogP contribution in [0.25, 0.3) is 0 Å². The Kier molecular flexibility index (Phi) is 7.63. The molecule has 0 amide bonds. The quantitative estimate of drug-likeness (QED) is 0.362. The SMILES string of the molecule is C[Si](C)(C)CCCCCCOS(=O)(=O)Cc1ccccc1. The summed E-state index contributed by atoms with van der Waals surface area (Å²) in [5, 5.41) is 0. The lowest BCUT2D eigenvalue weighted by Gasteiger charge is -2.14. The van der Waals surface area contributed by atoms with Gasteiger partial charge in [-0.3, -0.25) is 4.18 Å². The van der Waals surface area contributed by atoms with Crippen molar-refractivity contribution < 1.29 is 12.6 Å². The Morgan fingerprint density at radius 3 is 2.19 bits per heavy atom. The van der Waals surface area contributed by atoms with Gasteiger partial charge in [0, 0.05) is 8.07 Å². The molecule has 0 aliphatic rings. The summed E-state index contributed by atoms with van der Waals surface area (Å²) in [5.74, 6) is -0.0382. The molecule has 0 unspecified atom stereocenters. The Balaban J connectivity index is 2.14. The van der Waals surface area contributed by atoms with Crippen molar-refractivity contribution in [2.24, 2.45) is 0 Å². The maximum absolute atomic E-state index is 11.8. The van der Waals surface area contributed by atoms with Gasteiger partial charge in [0.1, 0.15) is 5.75 Å². The molecule has 0 radical (unpaired) electrons. The summed E-state index contributed by atoms with van der Waals surface area (Å²) in [7, 11) is -4.37. The predicted octanol–water partition coefficient (Wildman–Crippen LogP) is 4.43. The van der Waals surface area contributed by atoms with Gasteiger partial charge in [-0.25, -0.2) is 0 Å². The van der Waals surface area contributed by atoms with Gasteiger partial charge in [0.15, 0.2) is 0 Å². The van der Waals surface area contributed by atoms with Gasteiger partial charge in [-0.1, -0.05) is 75.3 Å². The lowest BCUT2D eigenvalue weighted by molar-refractivity contribution is 0.306. The van der Waals surface area contributed by atoms with E-state index in [9.17, 15) is 8.42 Å². The zero-order chi connectivity index (χ0) is 15.8. The molecule has 21 heavy (non-hydrogen) atoms. The Bertz CT molecular complexity index is 492. The summed E-state index contributed by atoms with van der Waals surface area (Å²) >= 11 is 0. The van der Waals surface area contributed by atoms with Crippen LogP contribution in [-0.2, 0) is 20.1 Å². The van der Waals surface area contributed by atoms with Gasteiger partial charge in [0.05, 0.1) is 6.61 Å². The molecule has 3 nitrogen and oxygen atoms in total. The minimum atomic E-state index is -3.44. The van der Waals surface area contributed by atoms with Crippen LogP contribution in [0, 0.1) is 0 Å². The topological polar surface area (TPSA) is 43.4 Å². The van der Waals surface area contributed by atoms with Crippen LogP contribution in [0.15, 0.2) is 30.3 Å². The molecule has 0 saturated heterocycles. The first-order valence-electron chi connectivity index (χ1n) is 7.70. The molecular formula is C16H28O3SSi. The van der Waals surface area contributed by atoms with E-state index in [2.05, 4.69) is 19.6 Å². The zero-order valence-corrected chi connectivity index (χ0v) is 15.3. The van der Waals surface area contributed by atoms with E-state index in [1.807, 2.05) is 18.2 Å². The third-order valence-corrected chi connectivity index (χ3v) is 6.34. The van der Waals surface area contributed by atoms with Gasteiger partial charge in [-0.2, -0.15) is 8.42 Å². The first-order chi connectivity index (χ1) is 9.79. The lowest BCUT2D eigenvalue weighted by Crippen LogP contribution is -2.18. The molecule has 0 heterocycles. The van der Waals surface area contributed by atoms with Gasteiger partial charge in [-0.15, -0.1) is 0 Å². The molecule has 0 N–H and O–H groups in total. The second kappa shape index (κ2) is 8.71. The summed E-state index contributed by atoms with van der Waals surface area (Å²) in [6.07, 6.45) is 4.30. The van der Waals surface area contributed by atoms with Crippen molar-refractivity contribution in [3.05, 3.63) is 35.9 Å². The molecular weight excluding hydrogens is 300 g/mol. The molecule has 0 aliphatic carbocycles. The fourth-order valence-electron chi connectivity index (χ4n) is 2.12. The molecule has 5 heteroatoms. The van der Waals surface area contributed by atoms with Crippen LogP contribution < -0.4 is 0 Å². The molecule has 0 bridgehead atoms. The maximum atomic E-state index is 11.8. The summed E-state index contributed by atoms with van der Waals surface area (Å²) in [6, 6.07) is 10.5. The van der Waals surface area contributed by atoms with E-state index >= 15 is 0 Å². The normalized spacial score (nSPS) is 12.5. The molecule has 0 aromatic heterocycles. The first-order valence-corrected chi connectivity index (χ1v) is 13.0. The fraction of sp³-hybridized carbons (Fsp3) is 0.625. The van der Waals surface area contributed by atoms with E-state index in [4.69, 9.17) is 4.18 Å². The van der Waals surface area contributed by atoms with Crippen molar-refractivity contribution in [3.63, 3.8) is 0 Å². The number of rotatable bonds is 10. The molecule has 0 saturated carbocycles. The summed E-state index contributed by atoms with van der Waals surface area (Å²) in [5.41, 5.74) is 0.771. The van der Waals surface area contributed by atoms with E-state index in [-0.39, 0.29) is 5.75 Å². The van der Waals surface area contributed by atoms with Crippen LogP contribution in [0.5, 0.6) is 0 Å². The molecule has 1 aromatic rings. The average molecular weight is 329 g/mol. The maximum Gasteiger partial charge on any atom is 0.271 e. The Hall–Kier alpha value is -0.653. The van der Waals surface area contributed by atoms with Crippen LogP contribution >= 0.6 is 0 Å². The van der Waals surface area contributed by atoms with Crippen molar-refractivity contribution in [1.29, 1.82) is 0 Å². The minimum Gasteiger partial charge on any atom is -0.270 e. The molecule has 0 fully saturated rings. The van der Waals surface area contributed by atoms with Crippen LogP contribution in [0.1, 0.15) is 31.2 Å². The third kappa shape index (κ3) is 9.82. The largest absolute Gasteiger partial charge is 0.271 e. The van der Waals surface area contributed by atoms with Crippen LogP contribution in [0.4, 0.5) is 0 Å². The Labute approximate surface area is 130 Å². The van der Waals surface area contributed by atoms with Crippen molar-refractivity contribution in [3.8, 4) is 0 Å². The van der Waals surface area contributed by atoms with Crippen LogP contribution in [-0.4, -0.2) is 23.1 Å². The van der Waals surface area contributed by atoms with E-state index < -0.39 is 18.2 Å². The van der Waals surface area contributed by atoms with E-state index in [1.165, 1.54) is 18.9 Å². The van der Waals surface area contributed by atoms with Crippen molar-refractivity contribution >= 4 is 18.2 Å². The summed E-state index contributed by atoms with van der Waals surface area (Å²) in [6.45, 7) is 7.45. The highest BCUT2D eigenvalue weighted by Crippen LogP contribution is 2.15. The number of unbranched alkanes of at least 4 members (excludes halogenated alkanes) is 3. The summed E-state index contributed by atoms with van der Waals surface area (Å²) in [4.78, 5) is 0. The van der Waals surface area contributed by atoms with Crippen molar-refractivity contribution in [2.45, 2.75) is 57.1 Å². The third-order valence-electron chi connectivity index (χ3n) is 3.27. The predicted molar refractivity (Wildman–Crippen MR) is 91.6 cm³/mol. The molecule has 1 aromatic carbocycles. The smallest absolute Gasteiger partial charge is 0.270 e. The highest BCUT2D eigenvalue weighted by molar-refractivity contribution is 7.85. The monoisotopic (exact) mass is 328 g/mol. The van der Waals surface area contributed by atoms with Crippen LogP contribution in [0.2, 0.25) is 25.7 Å². The lowest BCUT2D eigenvalue weighted by atomic mass is 10.2.